The molecule has 3 aliphatic heterocycles. The van der Waals surface area contributed by atoms with Crippen LogP contribution in [0.3, 0.4) is 0 Å². The quantitative estimate of drug-likeness (QED) is 0.104. The molecule has 0 spiro atoms. The lowest BCUT2D eigenvalue weighted by Crippen LogP contribution is -2.61. The van der Waals surface area contributed by atoms with Crippen molar-refractivity contribution < 1.29 is 93.7 Å². The zero-order valence-corrected chi connectivity index (χ0v) is 28.8. The number of benzene rings is 2. The van der Waals surface area contributed by atoms with Crippen molar-refractivity contribution in [2.75, 3.05) is 13.7 Å². The van der Waals surface area contributed by atoms with Gasteiger partial charge in [-0.3, -0.25) is 4.79 Å². The highest BCUT2D eigenvalue weighted by molar-refractivity contribution is 5.88. The summed E-state index contributed by atoms with van der Waals surface area (Å²) in [6.07, 6.45) is -23.7. The van der Waals surface area contributed by atoms with Crippen LogP contribution in [-0.2, 0) is 18.9 Å². The van der Waals surface area contributed by atoms with Crippen LogP contribution in [0, 0.1) is 0 Å². The molecule has 0 saturated carbocycles. The first-order valence-electron chi connectivity index (χ1n) is 16.8. The molecule has 54 heavy (non-hydrogen) atoms. The molecule has 3 aliphatic rings. The fourth-order valence-electron chi connectivity index (χ4n) is 6.30. The first-order valence-corrected chi connectivity index (χ1v) is 16.8. The Balaban J connectivity index is 1.35. The molecule has 6 rings (SSSR count). The molecule has 4 heterocycles. The standard InChI is InChI=1S/C34H42O20/c1-10-20(37)24(41)27(44)32(49-10)48-9-18-22(39)26(43)29(46)34(53-18)54-31-23(40)19-15(36)7-13(51-33-28(45)25(42)21(38)11(2)50-33)8-17(19)52-30(31)12-4-5-14(35)16(6-12)47-3/h4-8,10-11,18,20-22,24-29,32-39,41-46H,9H2,1-3H3/t10-,11-,18+,20-,21-,22-,24+,25+,26-,27+,28+,29+,32-,33-,34-/m0/s1. The maximum Gasteiger partial charge on any atom is 0.239 e. The van der Waals surface area contributed by atoms with Crippen LogP contribution >= 0.6 is 0 Å². The summed E-state index contributed by atoms with van der Waals surface area (Å²) in [4.78, 5) is 14.2. The van der Waals surface area contributed by atoms with Gasteiger partial charge in [-0.05, 0) is 32.0 Å². The van der Waals surface area contributed by atoms with Crippen molar-refractivity contribution in [3.8, 4) is 40.1 Å². The second-order valence-electron chi connectivity index (χ2n) is 13.2. The molecule has 20 nitrogen and oxygen atoms in total. The van der Waals surface area contributed by atoms with Gasteiger partial charge in [0, 0.05) is 17.7 Å². The number of aliphatic hydroxyl groups is 9. The number of ether oxygens (including phenoxy) is 7. The third-order valence-corrected chi connectivity index (χ3v) is 9.54. The van der Waals surface area contributed by atoms with Gasteiger partial charge in [0.25, 0.3) is 0 Å². The van der Waals surface area contributed by atoms with E-state index in [1.165, 1.54) is 39.2 Å². The van der Waals surface area contributed by atoms with Crippen LogP contribution in [0.1, 0.15) is 13.8 Å². The maximum atomic E-state index is 14.2. The number of methoxy groups -OCH3 is 1. The Hall–Kier alpha value is -3.87. The third-order valence-electron chi connectivity index (χ3n) is 9.54. The SMILES string of the molecule is COc1cc(-c2oc3cc(O[C@@H]4O[C@@H](C)[C@H](O)[C@@H](O)[C@H]4O)cc(O)c3c(=O)c2O[C@@H]2O[C@H](CO[C@H]3O[C@@H](C)[C@H](O)[C@@H](O)[C@H]3O)[C@H](O)[C@H](O)[C@H]2O)ccc1O. The van der Waals surface area contributed by atoms with E-state index in [2.05, 4.69) is 0 Å². The first-order chi connectivity index (χ1) is 25.5. The summed E-state index contributed by atoms with van der Waals surface area (Å²) in [6.45, 7) is 2.22. The van der Waals surface area contributed by atoms with Crippen LogP contribution in [0.4, 0.5) is 0 Å². The van der Waals surface area contributed by atoms with E-state index in [0.717, 1.165) is 12.1 Å². The fraction of sp³-hybridized carbons (Fsp3) is 0.559. The molecule has 1 aromatic heterocycles. The average molecular weight is 771 g/mol. The average Bonchev–Trinajstić information content (AvgIpc) is 3.14. The molecule has 0 bridgehead atoms. The molecule has 298 valence electrons. The second kappa shape index (κ2) is 15.7. The largest absolute Gasteiger partial charge is 0.507 e. The molecule has 0 amide bonds. The number of phenolic OH excluding ortho intramolecular Hbond substituents is 2. The van der Waals surface area contributed by atoms with Gasteiger partial charge < -0.3 is 93.7 Å². The summed E-state index contributed by atoms with van der Waals surface area (Å²) >= 11 is 0. The third kappa shape index (κ3) is 7.41. The van der Waals surface area contributed by atoms with Gasteiger partial charge in [-0.1, -0.05) is 0 Å². The van der Waals surface area contributed by atoms with Crippen molar-refractivity contribution >= 4 is 11.0 Å². The minimum Gasteiger partial charge on any atom is -0.507 e. The monoisotopic (exact) mass is 770 g/mol. The molecule has 2 aromatic carbocycles. The Bertz CT molecular complexity index is 1850. The summed E-state index contributed by atoms with van der Waals surface area (Å²) in [5.74, 6) is -2.37. The zero-order chi connectivity index (χ0) is 39.3. The van der Waals surface area contributed by atoms with Crippen LogP contribution < -0.4 is 19.6 Å². The van der Waals surface area contributed by atoms with Gasteiger partial charge in [0.05, 0.1) is 25.9 Å². The van der Waals surface area contributed by atoms with Crippen LogP contribution in [0.5, 0.6) is 28.7 Å². The summed E-state index contributed by atoms with van der Waals surface area (Å²) in [5.41, 5.74) is -1.32. The highest BCUT2D eigenvalue weighted by Gasteiger charge is 2.48. The van der Waals surface area contributed by atoms with E-state index in [9.17, 15) is 61.0 Å². The van der Waals surface area contributed by atoms with Crippen molar-refractivity contribution in [3.63, 3.8) is 0 Å². The Morgan fingerprint density at radius 3 is 1.85 bits per heavy atom. The predicted molar refractivity (Wildman–Crippen MR) is 176 cm³/mol. The van der Waals surface area contributed by atoms with E-state index in [1.54, 1.807) is 0 Å². The summed E-state index contributed by atoms with van der Waals surface area (Å²) in [5, 5.41) is 114. The Kier molecular flexibility index (Phi) is 11.6. The number of phenols is 2. The number of fused-ring (bicyclic) bond motifs is 1. The van der Waals surface area contributed by atoms with Gasteiger partial charge in [-0.2, -0.15) is 0 Å². The molecule has 3 aromatic rings. The van der Waals surface area contributed by atoms with E-state index in [4.69, 9.17) is 37.6 Å². The molecule has 3 saturated heterocycles. The lowest BCUT2D eigenvalue weighted by atomic mass is 9.98. The molecular formula is C34H42O20. The van der Waals surface area contributed by atoms with Crippen molar-refractivity contribution in [3.05, 3.63) is 40.6 Å². The van der Waals surface area contributed by atoms with E-state index >= 15 is 0 Å². The molecular weight excluding hydrogens is 728 g/mol. The van der Waals surface area contributed by atoms with Crippen LogP contribution in [0.15, 0.2) is 39.5 Å². The van der Waals surface area contributed by atoms with Gasteiger partial charge in [-0.15, -0.1) is 0 Å². The van der Waals surface area contributed by atoms with Crippen molar-refractivity contribution in [1.82, 2.24) is 0 Å². The maximum absolute atomic E-state index is 14.2. The normalized spacial score (nSPS) is 37.2. The number of rotatable bonds is 9. The molecule has 3 fully saturated rings. The van der Waals surface area contributed by atoms with Gasteiger partial charge in [0.15, 0.2) is 23.5 Å². The van der Waals surface area contributed by atoms with Gasteiger partial charge >= 0.3 is 0 Å². The van der Waals surface area contributed by atoms with Crippen molar-refractivity contribution in [2.45, 2.75) is 106 Å². The topological polar surface area (TPSA) is 317 Å². The van der Waals surface area contributed by atoms with Gasteiger partial charge in [0.1, 0.15) is 83.5 Å². The molecule has 15 atom stereocenters. The molecule has 0 radical (unpaired) electrons. The zero-order valence-electron chi connectivity index (χ0n) is 28.8. The number of aromatic hydroxyl groups is 2. The fourth-order valence-corrected chi connectivity index (χ4v) is 6.30. The van der Waals surface area contributed by atoms with Crippen LogP contribution in [-0.4, -0.2) is 162 Å². The molecule has 0 unspecified atom stereocenters. The Morgan fingerprint density at radius 1 is 0.648 bits per heavy atom. The minimum absolute atomic E-state index is 0.0468. The minimum atomic E-state index is -2.01. The first kappa shape index (κ1) is 39.8. The molecule has 11 N–H and O–H groups in total. The van der Waals surface area contributed by atoms with Crippen LogP contribution in [0.25, 0.3) is 22.3 Å². The highest BCUT2D eigenvalue weighted by Crippen LogP contribution is 2.40. The lowest BCUT2D eigenvalue weighted by molar-refractivity contribution is -0.318. The second-order valence-corrected chi connectivity index (χ2v) is 13.2. The lowest BCUT2D eigenvalue weighted by Gasteiger charge is -2.42. The summed E-state index contributed by atoms with van der Waals surface area (Å²) < 4.78 is 44.8. The predicted octanol–water partition coefficient (Wildman–Crippen LogP) is -2.88. The molecule has 20 heteroatoms. The van der Waals surface area contributed by atoms with Crippen LogP contribution in [0.2, 0.25) is 0 Å². The number of hydrogen-bond acceptors (Lipinski definition) is 20. The number of aliphatic hydroxyl groups excluding tert-OH is 9. The summed E-state index contributed by atoms with van der Waals surface area (Å²) in [6, 6.07) is 5.91. The van der Waals surface area contributed by atoms with Gasteiger partial charge in [0.2, 0.25) is 23.8 Å². The summed E-state index contributed by atoms with van der Waals surface area (Å²) in [7, 11) is 1.26. The van der Waals surface area contributed by atoms with Crippen molar-refractivity contribution in [1.29, 1.82) is 0 Å². The smallest absolute Gasteiger partial charge is 0.239 e. The van der Waals surface area contributed by atoms with Crippen molar-refractivity contribution in [2.24, 2.45) is 0 Å². The Labute approximate surface area is 305 Å². The molecule has 0 aliphatic carbocycles. The van der Waals surface area contributed by atoms with Gasteiger partial charge in [-0.25, -0.2) is 0 Å². The Morgan fingerprint density at radius 2 is 1.22 bits per heavy atom. The highest BCUT2D eigenvalue weighted by atomic mass is 16.7. The number of hydrogen-bond donors (Lipinski definition) is 11. The van der Waals surface area contributed by atoms with E-state index in [-0.39, 0.29) is 34.2 Å². The van der Waals surface area contributed by atoms with E-state index in [1.807, 2.05) is 0 Å². The van der Waals surface area contributed by atoms with E-state index < -0.39 is 121 Å². The van der Waals surface area contributed by atoms with E-state index in [0.29, 0.717) is 0 Å².